The second kappa shape index (κ2) is 14.2. The molecule has 2 fully saturated rings. The van der Waals surface area contributed by atoms with E-state index in [0.29, 0.717) is 16.8 Å². The number of nitrogens with zero attached hydrogens (tertiary/aromatic N) is 1. The molecule has 0 bridgehead atoms. The number of hydrogen-bond acceptors (Lipinski definition) is 6. The number of ketones is 1. The molecule has 42 heavy (non-hydrogen) atoms. The first-order valence-electron chi connectivity index (χ1n) is 15.2. The summed E-state index contributed by atoms with van der Waals surface area (Å²) in [5, 5.41) is 12.5. The molecule has 4 atom stereocenters. The number of carbonyl (C=O) groups excluding carboxylic acids is 2. The lowest BCUT2D eigenvalue weighted by atomic mass is 9.89. The highest BCUT2D eigenvalue weighted by Gasteiger charge is 2.39. The molecule has 3 aromatic rings. The van der Waals surface area contributed by atoms with Crippen LogP contribution in [0.2, 0.25) is 0 Å². The van der Waals surface area contributed by atoms with Gasteiger partial charge in [0.1, 0.15) is 0 Å². The van der Waals surface area contributed by atoms with Crippen molar-refractivity contribution in [1.29, 1.82) is 0 Å². The van der Waals surface area contributed by atoms with Crippen molar-refractivity contribution < 1.29 is 24.2 Å². The third kappa shape index (κ3) is 7.53. The van der Waals surface area contributed by atoms with Crippen molar-refractivity contribution in [2.75, 3.05) is 25.0 Å². The number of rotatable bonds is 8. The van der Waals surface area contributed by atoms with Crippen LogP contribution in [0.5, 0.6) is 0 Å². The zero-order valence-electron chi connectivity index (χ0n) is 24.6. The molecule has 7 nitrogen and oxygen atoms in total. The highest BCUT2D eigenvalue weighted by atomic mass is 16.7. The van der Waals surface area contributed by atoms with Crippen LogP contribution in [0, 0.1) is 5.92 Å². The number of likely N-dealkylation sites (tertiary alicyclic amines) is 1. The second-order valence-corrected chi connectivity index (χ2v) is 11.6. The van der Waals surface area contributed by atoms with Crippen LogP contribution in [0.25, 0.3) is 0 Å². The number of Topliss-reactive ketones (excluding diaryl/α,β-unsaturated/α-hetero) is 1. The van der Waals surface area contributed by atoms with E-state index >= 15 is 0 Å². The Hall–Kier alpha value is -3.36. The molecule has 0 radical (unpaired) electrons. The highest BCUT2D eigenvalue weighted by molar-refractivity contribution is 6.05. The predicted octanol–water partition coefficient (Wildman–Crippen LogP) is 6.69. The molecule has 3 aromatic carbocycles. The van der Waals surface area contributed by atoms with Gasteiger partial charge in [-0.2, -0.15) is 0 Å². The summed E-state index contributed by atoms with van der Waals surface area (Å²) >= 11 is 0. The van der Waals surface area contributed by atoms with Crippen LogP contribution in [-0.4, -0.2) is 47.4 Å². The number of aliphatic hydroxyl groups excluding tert-OH is 1. The molecule has 222 valence electrons. The van der Waals surface area contributed by atoms with E-state index in [9.17, 15) is 14.7 Å². The van der Waals surface area contributed by atoms with Gasteiger partial charge in [-0.05, 0) is 68.2 Å². The Morgan fingerprint density at radius 3 is 2.26 bits per heavy atom. The van der Waals surface area contributed by atoms with E-state index in [4.69, 9.17) is 9.47 Å². The fourth-order valence-electron chi connectivity index (χ4n) is 5.92. The minimum absolute atomic E-state index is 0.00141. The quantitative estimate of drug-likeness (QED) is 0.293. The van der Waals surface area contributed by atoms with Gasteiger partial charge in [0, 0.05) is 34.8 Å². The maximum absolute atomic E-state index is 13.2. The SMILES string of the molecule is CC(=O)c1cccc(NC(=O)c2cccc(C3O[C@H](CN4CCCCCCC4)[C@H](C)[C@H](c4ccc(CO)cc4)O3)c2)c1. The maximum atomic E-state index is 13.2. The number of anilines is 1. The summed E-state index contributed by atoms with van der Waals surface area (Å²) in [6, 6.07) is 22.2. The van der Waals surface area contributed by atoms with Crippen LogP contribution < -0.4 is 5.32 Å². The molecule has 2 aliphatic heterocycles. The summed E-state index contributed by atoms with van der Waals surface area (Å²) in [4.78, 5) is 27.5. The lowest BCUT2D eigenvalue weighted by molar-refractivity contribution is -0.276. The van der Waals surface area contributed by atoms with Crippen molar-refractivity contribution in [1.82, 2.24) is 4.90 Å². The standard InChI is InChI=1S/C35H42N2O5/c1-24-32(22-37-18-6-4-3-5-7-19-37)41-35(42-33(24)27-16-14-26(23-38)15-17-27)30-12-8-11-29(20-30)34(40)36-31-13-9-10-28(21-31)25(2)39/h8-17,20-21,24,32-33,35,38H,3-7,18-19,22-23H2,1-2H3,(H,36,40)/t24-,32+,33+,35?/m0/s1. The van der Waals surface area contributed by atoms with E-state index < -0.39 is 6.29 Å². The van der Waals surface area contributed by atoms with Crippen molar-refractivity contribution >= 4 is 17.4 Å². The Morgan fingerprint density at radius 1 is 0.857 bits per heavy atom. The van der Waals surface area contributed by atoms with Crippen molar-refractivity contribution in [3.05, 3.63) is 101 Å². The molecule has 0 spiro atoms. The van der Waals surface area contributed by atoms with Gasteiger partial charge in [0.15, 0.2) is 12.1 Å². The zero-order valence-corrected chi connectivity index (χ0v) is 24.6. The maximum Gasteiger partial charge on any atom is 0.255 e. The molecule has 0 aromatic heterocycles. The molecule has 2 N–H and O–H groups in total. The molecule has 0 aliphatic carbocycles. The molecular weight excluding hydrogens is 528 g/mol. The highest BCUT2D eigenvalue weighted by Crippen LogP contribution is 2.42. The first-order chi connectivity index (χ1) is 20.4. The van der Waals surface area contributed by atoms with Crippen LogP contribution in [-0.2, 0) is 16.1 Å². The molecule has 7 heteroatoms. The summed E-state index contributed by atoms with van der Waals surface area (Å²) in [7, 11) is 0. The zero-order chi connectivity index (χ0) is 29.5. The number of benzene rings is 3. The average Bonchev–Trinajstić information content (AvgIpc) is 2.99. The fourth-order valence-corrected chi connectivity index (χ4v) is 5.92. The molecule has 1 amide bonds. The number of aliphatic hydroxyl groups is 1. The Bertz CT molecular complexity index is 1350. The summed E-state index contributed by atoms with van der Waals surface area (Å²) in [5.74, 6) is -0.221. The third-order valence-electron chi connectivity index (χ3n) is 8.46. The Balaban J connectivity index is 1.38. The number of hydrogen-bond donors (Lipinski definition) is 2. The van der Waals surface area contributed by atoms with Gasteiger partial charge >= 0.3 is 0 Å². The lowest BCUT2D eigenvalue weighted by Gasteiger charge is -2.43. The van der Waals surface area contributed by atoms with Gasteiger partial charge in [-0.3, -0.25) is 9.59 Å². The average molecular weight is 571 g/mol. The monoisotopic (exact) mass is 570 g/mol. The summed E-state index contributed by atoms with van der Waals surface area (Å²) in [6.45, 7) is 6.68. The van der Waals surface area contributed by atoms with E-state index in [1.165, 1.54) is 39.0 Å². The minimum atomic E-state index is -0.641. The number of amides is 1. The number of carbonyl (C=O) groups is 2. The topological polar surface area (TPSA) is 88.1 Å². The summed E-state index contributed by atoms with van der Waals surface area (Å²) in [5.41, 5.74) is 4.28. The van der Waals surface area contributed by atoms with E-state index in [1.807, 2.05) is 42.5 Å². The molecular formula is C35H42N2O5. The van der Waals surface area contributed by atoms with Gasteiger partial charge in [-0.15, -0.1) is 0 Å². The number of ether oxygens (including phenoxy) is 2. The van der Waals surface area contributed by atoms with E-state index in [0.717, 1.165) is 36.3 Å². The first-order valence-corrected chi connectivity index (χ1v) is 15.2. The summed E-state index contributed by atoms with van der Waals surface area (Å²) in [6.07, 6.45) is 5.38. The Labute approximate surface area is 248 Å². The molecule has 5 rings (SSSR count). The van der Waals surface area contributed by atoms with Crippen molar-refractivity contribution in [2.45, 2.75) is 71.1 Å². The normalized spacial score (nSPS) is 23.5. The van der Waals surface area contributed by atoms with E-state index in [1.54, 1.807) is 30.3 Å². The second-order valence-electron chi connectivity index (χ2n) is 11.6. The van der Waals surface area contributed by atoms with Gasteiger partial charge in [0.05, 0.1) is 18.8 Å². The van der Waals surface area contributed by atoms with Gasteiger partial charge in [0.2, 0.25) is 0 Å². The third-order valence-corrected chi connectivity index (χ3v) is 8.46. The fraction of sp³-hybridized carbons (Fsp3) is 0.429. The molecule has 1 unspecified atom stereocenters. The van der Waals surface area contributed by atoms with Gasteiger partial charge in [-0.1, -0.05) is 74.7 Å². The van der Waals surface area contributed by atoms with Gasteiger partial charge in [0.25, 0.3) is 5.91 Å². The largest absolute Gasteiger partial charge is 0.392 e. The van der Waals surface area contributed by atoms with Crippen LogP contribution in [0.15, 0.2) is 72.8 Å². The smallest absolute Gasteiger partial charge is 0.255 e. The van der Waals surface area contributed by atoms with Gasteiger partial charge in [-0.25, -0.2) is 0 Å². The van der Waals surface area contributed by atoms with Crippen molar-refractivity contribution in [3.8, 4) is 0 Å². The minimum Gasteiger partial charge on any atom is -0.392 e. The lowest BCUT2D eigenvalue weighted by Crippen LogP contribution is -2.45. The van der Waals surface area contributed by atoms with E-state index in [2.05, 4.69) is 17.1 Å². The molecule has 2 saturated heterocycles. The molecule has 2 heterocycles. The number of nitrogens with one attached hydrogen (secondary N) is 1. The van der Waals surface area contributed by atoms with Crippen LogP contribution in [0.3, 0.4) is 0 Å². The van der Waals surface area contributed by atoms with E-state index in [-0.39, 0.29) is 36.4 Å². The van der Waals surface area contributed by atoms with Crippen LogP contribution >= 0.6 is 0 Å². The molecule has 2 aliphatic rings. The summed E-state index contributed by atoms with van der Waals surface area (Å²) < 4.78 is 13.3. The van der Waals surface area contributed by atoms with Crippen molar-refractivity contribution in [3.63, 3.8) is 0 Å². The van der Waals surface area contributed by atoms with Crippen LogP contribution in [0.1, 0.15) is 95.8 Å². The predicted molar refractivity (Wildman–Crippen MR) is 163 cm³/mol. The Morgan fingerprint density at radius 2 is 1.55 bits per heavy atom. The van der Waals surface area contributed by atoms with Crippen molar-refractivity contribution in [2.24, 2.45) is 5.92 Å². The Kier molecular flexibility index (Phi) is 10.2. The first kappa shape index (κ1) is 30.1. The van der Waals surface area contributed by atoms with Gasteiger partial charge < -0.3 is 24.8 Å². The van der Waals surface area contributed by atoms with Crippen LogP contribution in [0.4, 0.5) is 5.69 Å². The molecule has 0 saturated carbocycles.